The fourth-order valence-electron chi connectivity index (χ4n) is 0.982. The Hall–Kier alpha value is -0.350. The van der Waals surface area contributed by atoms with Crippen LogP contribution in [0.4, 0.5) is 0 Å². The molecule has 0 fully saturated rings. The number of benzene rings is 1. The van der Waals surface area contributed by atoms with E-state index in [0.29, 0.717) is 6.54 Å². The maximum Gasteiger partial charge on any atom is 0.0178 e. The van der Waals surface area contributed by atoms with Crippen molar-refractivity contribution in [1.29, 1.82) is 0 Å². The molecule has 0 radical (unpaired) electrons. The SMILES string of the molecule is C=C(CN)c1ccc(I)c(C)c1. The molecule has 0 unspecified atom stereocenters. The molecule has 64 valence electrons. The van der Waals surface area contributed by atoms with Gasteiger partial charge >= 0.3 is 0 Å². The zero-order valence-corrected chi connectivity index (χ0v) is 9.26. The Morgan fingerprint density at radius 2 is 2.25 bits per heavy atom. The van der Waals surface area contributed by atoms with Crippen molar-refractivity contribution in [3.8, 4) is 0 Å². The summed E-state index contributed by atoms with van der Waals surface area (Å²) in [6.45, 7) is 6.51. The molecule has 0 aliphatic rings. The monoisotopic (exact) mass is 273 g/mol. The number of aryl methyl sites for hydroxylation is 1. The molecule has 1 aromatic carbocycles. The van der Waals surface area contributed by atoms with Gasteiger partial charge in [0.25, 0.3) is 0 Å². The summed E-state index contributed by atoms with van der Waals surface area (Å²) in [5.41, 5.74) is 8.91. The molecule has 0 aliphatic carbocycles. The van der Waals surface area contributed by atoms with Crippen LogP contribution in [0, 0.1) is 10.5 Å². The molecule has 0 amide bonds. The van der Waals surface area contributed by atoms with Crippen LogP contribution < -0.4 is 5.73 Å². The van der Waals surface area contributed by atoms with Crippen LogP contribution in [0.25, 0.3) is 5.57 Å². The van der Waals surface area contributed by atoms with Gasteiger partial charge in [-0.1, -0.05) is 18.7 Å². The second-order valence-corrected chi connectivity index (χ2v) is 3.93. The molecule has 0 atom stereocenters. The van der Waals surface area contributed by atoms with Crippen molar-refractivity contribution < 1.29 is 0 Å². The summed E-state index contributed by atoms with van der Waals surface area (Å²) in [5, 5.41) is 0. The summed E-state index contributed by atoms with van der Waals surface area (Å²) >= 11 is 2.32. The third-order valence-electron chi connectivity index (χ3n) is 1.81. The van der Waals surface area contributed by atoms with E-state index >= 15 is 0 Å². The molecule has 0 saturated carbocycles. The van der Waals surface area contributed by atoms with Crippen molar-refractivity contribution >= 4 is 28.2 Å². The lowest BCUT2D eigenvalue weighted by molar-refractivity contribution is 1.26. The van der Waals surface area contributed by atoms with E-state index in [1.165, 1.54) is 9.13 Å². The summed E-state index contributed by atoms with van der Waals surface area (Å²) in [5.74, 6) is 0. The van der Waals surface area contributed by atoms with Gasteiger partial charge in [0.1, 0.15) is 0 Å². The van der Waals surface area contributed by atoms with Crippen LogP contribution in [0.15, 0.2) is 24.8 Å². The van der Waals surface area contributed by atoms with Crippen LogP contribution in [0.3, 0.4) is 0 Å². The molecule has 0 aliphatic heterocycles. The Bertz CT molecular complexity index is 305. The fourth-order valence-corrected chi connectivity index (χ4v) is 1.32. The average molecular weight is 273 g/mol. The highest BCUT2D eigenvalue weighted by molar-refractivity contribution is 14.1. The Morgan fingerprint density at radius 3 is 2.75 bits per heavy atom. The molecular formula is C10H12IN. The zero-order valence-electron chi connectivity index (χ0n) is 7.10. The van der Waals surface area contributed by atoms with Crippen LogP contribution in [0.2, 0.25) is 0 Å². The van der Waals surface area contributed by atoms with Gasteiger partial charge in [-0.15, -0.1) is 0 Å². The Balaban J connectivity index is 3.05. The first-order chi connectivity index (χ1) is 5.65. The Labute approximate surface area is 86.8 Å². The van der Waals surface area contributed by atoms with Crippen molar-refractivity contribution in [3.05, 3.63) is 39.5 Å². The van der Waals surface area contributed by atoms with Gasteiger partial charge in [-0.2, -0.15) is 0 Å². The van der Waals surface area contributed by atoms with Crippen LogP contribution in [0.1, 0.15) is 11.1 Å². The molecule has 0 saturated heterocycles. The fraction of sp³-hybridized carbons (Fsp3) is 0.200. The molecule has 12 heavy (non-hydrogen) atoms. The number of rotatable bonds is 2. The van der Waals surface area contributed by atoms with Gasteiger partial charge in [-0.25, -0.2) is 0 Å². The number of halogens is 1. The van der Waals surface area contributed by atoms with Crippen molar-refractivity contribution in [3.63, 3.8) is 0 Å². The van der Waals surface area contributed by atoms with Gasteiger partial charge in [-0.05, 0) is 52.3 Å². The van der Waals surface area contributed by atoms with Crippen LogP contribution >= 0.6 is 22.6 Å². The standard InChI is InChI=1S/C10H12IN/c1-7-5-9(8(2)6-12)3-4-10(7)11/h3-5H,2,6,12H2,1H3. The minimum atomic E-state index is 0.528. The topological polar surface area (TPSA) is 26.0 Å². The number of hydrogen-bond acceptors (Lipinski definition) is 1. The second-order valence-electron chi connectivity index (χ2n) is 2.77. The van der Waals surface area contributed by atoms with Crippen molar-refractivity contribution in [2.75, 3.05) is 6.54 Å². The average Bonchev–Trinajstić information content (AvgIpc) is 2.08. The first kappa shape index (κ1) is 9.74. The van der Waals surface area contributed by atoms with Gasteiger partial charge in [0.15, 0.2) is 0 Å². The van der Waals surface area contributed by atoms with Gasteiger partial charge in [0.05, 0.1) is 0 Å². The van der Waals surface area contributed by atoms with Gasteiger partial charge in [0, 0.05) is 10.1 Å². The molecular weight excluding hydrogens is 261 g/mol. The smallest absolute Gasteiger partial charge is 0.0178 e. The molecule has 1 aromatic rings. The van der Waals surface area contributed by atoms with E-state index in [2.05, 4.69) is 54.3 Å². The first-order valence-corrected chi connectivity index (χ1v) is 4.87. The molecule has 1 nitrogen and oxygen atoms in total. The minimum Gasteiger partial charge on any atom is -0.326 e. The highest BCUT2D eigenvalue weighted by Crippen LogP contribution is 2.17. The summed E-state index contributed by atoms with van der Waals surface area (Å²) in [7, 11) is 0. The van der Waals surface area contributed by atoms with E-state index in [9.17, 15) is 0 Å². The molecule has 0 aromatic heterocycles. The maximum absolute atomic E-state index is 5.49. The summed E-state index contributed by atoms with van der Waals surface area (Å²) < 4.78 is 1.28. The van der Waals surface area contributed by atoms with E-state index in [0.717, 1.165) is 11.1 Å². The normalized spacial score (nSPS) is 9.92. The van der Waals surface area contributed by atoms with Crippen molar-refractivity contribution in [1.82, 2.24) is 0 Å². The lowest BCUT2D eigenvalue weighted by Gasteiger charge is -2.04. The van der Waals surface area contributed by atoms with E-state index in [4.69, 9.17) is 5.73 Å². The highest BCUT2D eigenvalue weighted by Gasteiger charge is 1.98. The van der Waals surface area contributed by atoms with Crippen molar-refractivity contribution in [2.24, 2.45) is 5.73 Å². The maximum atomic E-state index is 5.49. The molecule has 0 bridgehead atoms. The first-order valence-electron chi connectivity index (χ1n) is 3.79. The quantitative estimate of drug-likeness (QED) is 0.823. The molecule has 2 heteroatoms. The lowest BCUT2D eigenvalue weighted by atomic mass is 10.1. The van der Waals surface area contributed by atoms with E-state index in [1.807, 2.05) is 0 Å². The molecule has 2 N–H and O–H groups in total. The summed E-state index contributed by atoms with van der Waals surface area (Å²) in [6.07, 6.45) is 0. The van der Waals surface area contributed by atoms with E-state index < -0.39 is 0 Å². The number of hydrogen-bond donors (Lipinski definition) is 1. The van der Waals surface area contributed by atoms with E-state index in [-0.39, 0.29) is 0 Å². The minimum absolute atomic E-state index is 0.528. The molecule has 0 heterocycles. The Morgan fingerprint density at radius 1 is 1.58 bits per heavy atom. The van der Waals surface area contributed by atoms with Gasteiger partial charge < -0.3 is 5.73 Å². The van der Waals surface area contributed by atoms with Gasteiger partial charge in [-0.3, -0.25) is 0 Å². The largest absolute Gasteiger partial charge is 0.326 e. The summed E-state index contributed by atoms with van der Waals surface area (Å²) in [4.78, 5) is 0. The highest BCUT2D eigenvalue weighted by atomic mass is 127. The lowest BCUT2D eigenvalue weighted by Crippen LogP contribution is -2.01. The second kappa shape index (κ2) is 4.05. The van der Waals surface area contributed by atoms with Gasteiger partial charge in [0.2, 0.25) is 0 Å². The predicted octanol–water partition coefficient (Wildman–Crippen LogP) is 2.57. The Kier molecular flexibility index (Phi) is 3.29. The van der Waals surface area contributed by atoms with Crippen LogP contribution in [0.5, 0.6) is 0 Å². The zero-order chi connectivity index (χ0) is 9.14. The third-order valence-corrected chi connectivity index (χ3v) is 3.02. The third kappa shape index (κ3) is 2.08. The van der Waals surface area contributed by atoms with E-state index in [1.54, 1.807) is 0 Å². The van der Waals surface area contributed by atoms with Crippen molar-refractivity contribution in [2.45, 2.75) is 6.92 Å². The van der Waals surface area contributed by atoms with Crippen LogP contribution in [-0.2, 0) is 0 Å². The molecule has 0 spiro atoms. The van der Waals surface area contributed by atoms with Crippen LogP contribution in [-0.4, -0.2) is 6.54 Å². The summed E-state index contributed by atoms with van der Waals surface area (Å²) in [6, 6.07) is 6.27. The molecule has 1 rings (SSSR count). The predicted molar refractivity (Wildman–Crippen MR) is 62.0 cm³/mol. The number of nitrogens with two attached hydrogens (primary N) is 1.